The largest absolute Gasteiger partial charge is 0.397 e. The molecular formula is C17H16N4O3S. The van der Waals surface area contributed by atoms with Crippen molar-refractivity contribution in [3.8, 4) is 0 Å². The van der Waals surface area contributed by atoms with E-state index in [-0.39, 0.29) is 5.69 Å². The molecule has 0 bridgehead atoms. The number of thiophene rings is 1. The molecule has 3 aromatic rings. The SMILES string of the molecule is Cc1cc(C)c2c(N)c(C(=O)Nc3ccc(C)c([N+](=O)[O-])c3)sc2n1. The molecule has 0 saturated heterocycles. The molecule has 3 rings (SSSR count). The molecule has 0 aliphatic carbocycles. The van der Waals surface area contributed by atoms with Gasteiger partial charge in [0.25, 0.3) is 11.6 Å². The van der Waals surface area contributed by atoms with Gasteiger partial charge in [0.2, 0.25) is 0 Å². The molecule has 128 valence electrons. The highest BCUT2D eigenvalue weighted by molar-refractivity contribution is 7.21. The Morgan fingerprint density at radius 3 is 2.64 bits per heavy atom. The van der Waals surface area contributed by atoms with Crippen molar-refractivity contribution in [1.82, 2.24) is 4.98 Å². The number of anilines is 2. The van der Waals surface area contributed by atoms with E-state index in [9.17, 15) is 14.9 Å². The molecule has 0 spiro atoms. The van der Waals surface area contributed by atoms with Gasteiger partial charge in [0.1, 0.15) is 9.71 Å². The third-order valence-corrected chi connectivity index (χ3v) is 4.99. The van der Waals surface area contributed by atoms with Gasteiger partial charge in [-0.3, -0.25) is 14.9 Å². The van der Waals surface area contributed by atoms with Crippen LogP contribution in [-0.4, -0.2) is 15.8 Å². The molecule has 25 heavy (non-hydrogen) atoms. The Balaban J connectivity index is 1.98. The fraction of sp³-hybridized carbons (Fsp3) is 0.176. The van der Waals surface area contributed by atoms with E-state index in [1.54, 1.807) is 19.1 Å². The maximum Gasteiger partial charge on any atom is 0.274 e. The first-order chi connectivity index (χ1) is 11.8. The highest BCUT2D eigenvalue weighted by Crippen LogP contribution is 2.35. The van der Waals surface area contributed by atoms with Crippen LogP contribution in [0.5, 0.6) is 0 Å². The second-order valence-electron chi connectivity index (χ2n) is 5.82. The lowest BCUT2D eigenvalue weighted by Crippen LogP contribution is -2.12. The minimum absolute atomic E-state index is 0.0461. The van der Waals surface area contributed by atoms with Crippen LogP contribution in [0.3, 0.4) is 0 Å². The number of aromatic nitrogens is 1. The fourth-order valence-electron chi connectivity index (χ4n) is 2.71. The van der Waals surface area contributed by atoms with Crippen LogP contribution in [0.15, 0.2) is 24.3 Å². The van der Waals surface area contributed by atoms with Gasteiger partial charge in [-0.25, -0.2) is 4.98 Å². The molecule has 0 atom stereocenters. The van der Waals surface area contributed by atoms with Crippen molar-refractivity contribution in [1.29, 1.82) is 0 Å². The number of nitrogens with zero attached hydrogens (tertiary/aromatic N) is 2. The number of nitrogen functional groups attached to an aromatic ring is 1. The number of carbonyl (C=O) groups is 1. The van der Waals surface area contributed by atoms with Gasteiger partial charge in [-0.15, -0.1) is 11.3 Å². The van der Waals surface area contributed by atoms with Gasteiger partial charge in [-0.2, -0.15) is 0 Å². The number of nitrogens with one attached hydrogen (secondary N) is 1. The number of amides is 1. The van der Waals surface area contributed by atoms with Crippen molar-refractivity contribution < 1.29 is 9.72 Å². The molecule has 0 unspecified atom stereocenters. The van der Waals surface area contributed by atoms with Gasteiger partial charge >= 0.3 is 0 Å². The number of aryl methyl sites for hydroxylation is 3. The molecule has 2 aromatic heterocycles. The minimum atomic E-state index is -0.477. The second kappa shape index (κ2) is 6.14. The zero-order valence-electron chi connectivity index (χ0n) is 13.9. The van der Waals surface area contributed by atoms with Gasteiger partial charge in [-0.1, -0.05) is 6.07 Å². The molecular weight excluding hydrogens is 340 g/mol. The van der Waals surface area contributed by atoms with Gasteiger partial charge < -0.3 is 11.1 Å². The predicted octanol–water partition coefficient (Wildman–Crippen LogP) is 3.96. The van der Waals surface area contributed by atoms with Crippen molar-refractivity contribution in [2.24, 2.45) is 0 Å². The first-order valence-electron chi connectivity index (χ1n) is 7.50. The summed E-state index contributed by atoms with van der Waals surface area (Å²) < 4.78 is 0. The van der Waals surface area contributed by atoms with E-state index < -0.39 is 10.8 Å². The molecule has 2 heterocycles. The molecule has 0 aliphatic rings. The molecule has 1 amide bonds. The Hall–Kier alpha value is -3.00. The Morgan fingerprint density at radius 1 is 1.24 bits per heavy atom. The smallest absolute Gasteiger partial charge is 0.274 e. The number of rotatable bonds is 3. The average Bonchev–Trinajstić information content (AvgIpc) is 2.85. The van der Waals surface area contributed by atoms with Crippen molar-refractivity contribution >= 4 is 44.5 Å². The molecule has 0 fully saturated rings. The number of pyridine rings is 1. The number of fused-ring (bicyclic) bond motifs is 1. The lowest BCUT2D eigenvalue weighted by Gasteiger charge is -2.06. The van der Waals surface area contributed by atoms with Crippen molar-refractivity contribution in [2.45, 2.75) is 20.8 Å². The second-order valence-corrected chi connectivity index (χ2v) is 6.82. The Morgan fingerprint density at radius 2 is 1.96 bits per heavy atom. The summed E-state index contributed by atoms with van der Waals surface area (Å²) in [5.41, 5.74) is 9.17. The number of nitro benzene ring substituents is 1. The number of hydrogen-bond acceptors (Lipinski definition) is 6. The quantitative estimate of drug-likeness (QED) is 0.545. The van der Waals surface area contributed by atoms with Crippen molar-refractivity contribution in [2.75, 3.05) is 11.1 Å². The van der Waals surface area contributed by atoms with E-state index in [1.165, 1.54) is 17.4 Å². The molecule has 8 heteroatoms. The number of benzene rings is 1. The van der Waals surface area contributed by atoms with Crippen LogP contribution in [0.1, 0.15) is 26.5 Å². The number of carbonyl (C=O) groups excluding carboxylic acids is 1. The number of nitro groups is 1. The van der Waals surface area contributed by atoms with E-state index in [2.05, 4.69) is 10.3 Å². The monoisotopic (exact) mass is 356 g/mol. The molecule has 3 N–H and O–H groups in total. The molecule has 0 aliphatic heterocycles. The van der Waals surface area contributed by atoms with Crippen LogP contribution < -0.4 is 11.1 Å². The third kappa shape index (κ3) is 3.03. The number of nitrogens with two attached hydrogens (primary N) is 1. The Bertz CT molecular complexity index is 1030. The molecule has 1 aromatic carbocycles. The highest BCUT2D eigenvalue weighted by atomic mass is 32.1. The summed E-state index contributed by atoms with van der Waals surface area (Å²) in [5, 5.41) is 14.5. The first kappa shape index (κ1) is 16.8. The lowest BCUT2D eigenvalue weighted by atomic mass is 10.1. The first-order valence-corrected chi connectivity index (χ1v) is 8.32. The Kier molecular flexibility index (Phi) is 4.13. The summed E-state index contributed by atoms with van der Waals surface area (Å²) >= 11 is 1.21. The van der Waals surface area contributed by atoms with E-state index in [0.717, 1.165) is 16.6 Å². The van der Waals surface area contributed by atoms with Crippen LogP contribution in [0.4, 0.5) is 17.1 Å². The zero-order valence-corrected chi connectivity index (χ0v) is 14.7. The van der Waals surface area contributed by atoms with Gasteiger partial charge in [0.15, 0.2) is 0 Å². The standard InChI is InChI=1S/C17H16N4O3S/c1-8-4-5-11(7-12(8)21(23)24)20-16(22)15-14(18)13-9(2)6-10(3)19-17(13)25-15/h4-7H,18H2,1-3H3,(H,20,22). The topological polar surface area (TPSA) is 111 Å². The average molecular weight is 356 g/mol. The number of hydrogen-bond donors (Lipinski definition) is 2. The van der Waals surface area contributed by atoms with Crippen LogP contribution in [0, 0.1) is 30.9 Å². The van der Waals surface area contributed by atoms with Crippen LogP contribution in [0.2, 0.25) is 0 Å². The maximum atomic E-state index is 12.6. The van der Waals surface area contributed by atoms with Gasteiger partial charge in [0.05, 0.1) is 10.6 Å². The summed E-state index contributed by atoms with van der Waals surface area (Å²) in [6.07, 6.45) is 0. The highest BCUT2D eigenvalue weighted by Gasteiger charge is 2.20. The van der Waals surface area contributed by atoms with E-state index >= 15 is 0 Å². The summed E-state index contributed by atoms with van der Waals surface area (Å²) in [5.74, 6) is -0.407. The van der Waals surface area contributed by atoms with E-state index in [0.29, 0.717) is 26.6 Å². The maximum absolute atomic E-state index is 12.6. The minimum Gasteiger partial charge on any atom is -0.397 e. The van der Waals surface area contributed by atoms with E-state index in [1.807, 2.05) is 19.9 Å². The van der Waals surface area contributed by atoms with E-state index in [4.69, 9.17) is 5.73 Å². The summed E-state index contributed by atoms with van der Waals surface area (Å²) in [4.78, 5) is 28.6. The third-order valence-electron chi connectivity index (χ3n) is 3.89. The van der Waals surface area contributed by atoms with Gasteiger partial charge in [-0.05, 0) is 38.5 Å². The van der Waals surface area contributed by atoms with Gasteiger partial charge in [0, 0.05) is 28.4 Å². The van der Waals surface area contributed by atoms with Crippen molar-refractivity contribution in [3.63, 3.8) is 0 Å². The fourth-order valence-corrected chi connectivity index (χ4v) is 3.82. The zero-order chi connectivity index (χ0) is 18.3. The van der Waals surface area contributed by atoms with Crippen LogP contribution >= 0.6 is 11.3 Å². The van der Waals surface area contributed by atoms with Crippen molar-refractivity contribution in [3.05, 3.63) is 56.1 Å². The predicted molar refractivity (Wildman–Crippen MR) is 99.3 cm³/mol. The Labute approximate surface area is 147 Å². The summed E-state index contributed by atoms with van der Waals surface area (Å²) in [6.45, 7) is 5.45. The summed E-state index contributed by atoms with van der Waals surface area (Å²) in [6, 6.07) is 6.47. The summed E-state index contributed by atoms with van der Waals surface area (Å²) in [7, 11) is 0. The lowest BCUT2D eigenvalue weighted by molar-refractivity contribution is -0.385. The molecule has 7 nitrogen and oxygen atoms in total. The molecule has 0 saturated carbocycles. The van der Waals surface area contributed by atoms with Crippen LogP contribution in [0.25, 0.3) is 10.2 Å². The molecule has 0 radical (unpaired) electrons. The van der Waals surface area contributed by atoms with Crippen LogP contribution in [-0.2, 0) is 0 Å². The normalized spacial score (nSPS) is 10.8.